The fourth-order valence-electron chi connectivity index (χ4n) is 2.24. The molecule has 0 spiro atoms. The Bertz CT molecular complexity index is 421. The van der Waals surface area contributed by atoms with Crippen molar-refractivity contribution in [3.63, 3.8) is 0 Å². The second-order valence-electron chi connectivity index (χ2n) is 5.97. The van der Waals surface area contributed by atoms with Crippen LogP contribution in [0.15, 0.2) is 36.5 Å². The van der Waals surface area contributed by atoms with Gasteiger partial charge in [-0.25, -0.2) is 0 Å². The van der Waals surface area contributed by atoms with Crippen LogP contribution in [-0.4, -0.2) is 28.1 Å². The molecule has 0 amide bonds. The lowest BCUT2D eigenvalue weighted by atomic mass is 10.1. The van der Waals surface area contributed by atoms with Gasteiger partial charge in [0, 0.05) is 12.8 Å². The van der Waals surface area contributed by atoms with Crippen molar-refractivity contribution in [2.75, 3.05) is 0 Å². The highest BCUT2D eigenvalue weighted by molar-refractivity contribution is 5.89. The van der Waals surface area contributed by atoms with Crippen molar-refractivity contribution in [2.24, 2.45) is 0 Å². The summed E-state index contributed by atoms with van der Waals surface area (Å²) < 4.78 is 0. The number of carboxylic acid groups (broad SMARTS) is 1. The molecule has 0 rings (SSSR count). The number of carbonyl (C=O) groups excluding carboxylic acids is 1. The number of unbranched alkanes of at least 4 members (excludes halogenated alkanes) is 5. The molecule has 0 fully saturated rings. The van der Waals surface area contributed by atoms with Crippen molar-refractivity contribution in [3.8, 4) is 0 Å². The van der Waals surface area contributed by atoms with Gasteiger partial charge in [-0.1, -0.05) is 69.4 Å². The molecule has 4 heteroatoms. The highest BCUT2D eigenvalue weighted by Crippen LogP contribution is 2.09. The summed E-state index contributed by atoms with van der Waals surface area (Å²) in [5.41, 5.74) is 0. The number of allylic oxidation sites excluding steroid dienone is 5. The van der Waals surface area contributed by atoms with E-state index in [9.17, 15) is 14.7 Å². The van der Waals surface area contributed by atoms with E-state index in [0.717, 1.165) is 51.4 Å². The Labute approximate surface area is 146 Å². The molecule has 1 atom stereocenters. The van der Waals surface area contributed by atoms with E-state index < -0.39 is 12.1 Å². The highest BCUT2D eigenvalue weighted by Gasteiger charge is 1.98. The zero-order valence-electron chi connectivity index (χ0n) is 14.8. The first-order valence-corrected chi connectivity index (χ1v) is 9.00. The number of hydrogen-bond acceptors (Lipinski definition) is 3. The van der Waals surface area contributed by atoms with Gasteiger partial charge in [0.2, 0.25) is 0 Å². The second kappa shape index (κ2) is 16.2. The summed E-state index contributed by atoms with van der Waals surface area (Å²) in [5, 5.41) is 18.0. The van der Waals surface area contributed by atoms with Crippen LogP contribution in [0.3, 0.4) is 0 Å². The molecule has 0 aromatic rings. The zero-order valence-corrected chi connectivity index (χ0v) is 14.8. The SMILES string of the molecule is CCCC(O)C=CC=CC=CC(=O)CCCCCCCCC(=O)O. The third kappa shape index (κ3) is 16.7. The second-order valence-corrected chi connectivity index (χ2v) is 5.97. The Morgan fingerprint density at radius 2 is 1.46 bits per heavy atom. The molecule has 0 radical (unpaired) electrons. The van der Waals surface area contributed by atoms with Crippen molar-refractivity contribution >= 4 is 11.8 Å². The lowest BCUT2D eigenvalue weighted by molar-refractivity contribution is -0.137. The number of ketones is 1. The van der Waals surface area contributed by atoms with Gasteiger partial charge in [0.25, 0.3) is 0 Å². The topological polar surface area (TPSA) is 74.6 Å². The number of carbonyl (C=O) groups is 2. The quantitative estimate of drug-likeness (QED) is 0.260. The van der Waals surface area contributed by atoms with Crippen LogP contribution in [0, 0.1) is 0 Å². The van der Waals surface area contributed by atoms with E-state index in [-0.39, 0.29) is 12.2 Å². The molecule has 4 nitrogen and oxygen atoms in total. The zero-order chi connectivity index (χ0) is 18.0. The van der Waals surface area contributed by atoms with E-state index in [2.05, 4.69) is 0 Å². The normalized spacial score (nSPS) is 13.2. The van der Waals surface area contributed by atoms with Crippen molar-refractivity contribution in [1.29, 1.82) is 0 Å². The summed E-state index contributed by atoms with van der Waals surface area (Å²) in [6.45, 7) is 2.03. The maximum absolute atomic E-state index is 11.6. The Morgan fingerprint density at radius 1 is 0.875 bits per heavy atom. The number of carboxylic acids is 1. The van der Waals surface area contributed by atoms with Gasteiger partial charge in [0.05, 0.1) is 6.10 Å². The molecule has 0 aliphatic carbocycles. The molecule has 0 saturated heterocycles. The molecule has 0 aliphatic rings. The van der Waals surface area contributed by atoms with Gasteiger partial charge in [-0.15, -0.1) is 0 Å². The van der Waals surface area contributed by atoms with Gasteiger partial charge in [0.15, 0.2) is 5.78 Å². The van der Waals surface area contributed by atoms with Gasteiger partial charge >= 0.3 is 5.97 Å². The highest BCUT2D eigenvalue weighted by atomic mass is 16.4. The van der Waals surface area contributed by atoms with Crippen LogP contribution in [0.2, 0.25) is 0 Å². The van der Waals surface area contributed by atoms with Crippen molar-refractivity contribution in [3.05, 3.63) is 36.5 Å². The van der Waals surface area contributed by atoms with Crippen molar-refractivity contribution < 1.29 is 19.8 Å². The average Bonchev–Trinajstić information content (AvgIpc) is 2.53. The number of rotatable bonds is 15. The fourth-order valence-corrected chi connectivity index (χ4v) is 2.24. The van der Waals surface area contributed by atoms with E-state index in [1.807, 2.05) is 6.92 Å². The summed E-state index contributed by atoms with van der Waals surface area (Å²) in [4.78, 5) is 22.0. The van der Waals surface area contributed by atoms with Crippen molar-refractivity contribution in [2.45, 2.75) is 77.2 Å². The Kier molecular flexibility index (Phi) is 15.1. The standard InChI is InChI=1S/C20H32O4/c1-2-13-18(21)14-10-7-8-11-16-19(22)15-9-5-3-4-6-12-17-20(23)24/h7-8,10-11,14,16,18,21H,2-6,9,12-13,15,17H2,1H3,(H,23,24). The van der Waals surface area contributed by atoms with Crippen LogP contribution in [-0.2, 0) is 9.59 Å². The van der Waals surface area contributed by atoms with Crippen molar-refractivity contribution in [1.82, 2.24) is 0 Å². The maximum Gasteiger partial charge on any atom is 0.303 e. The van der Waals surface area contributed by atoms with Gasteiger partial charge in [-0.2, -0.15) is 0 Å². The van der Waals surface area contributed by atoms with Crippen LogP contribution in [0.4, 0.5) is 0 Å². The number of aliphatic hydroxyl groups is 1. The first-order chi connectivity index (χ1) is 11.6. The third-order valence-electron chi connectivity index (χ3n) is 3.60. The van der Waals surface area contributed by atoms with Gasteiger partial charge in [-0.3, -0.25) is 9.59 Å². The number of aliphatic carboxylic acids is 1. The molecule has 2 N–H and O–H groups in total. The van der Waals surface area contributed by atoms with Gasteiger partial charge in [-0.05, 0) is 25.3 Å². The molecule has 0 bridgehead atoms. The monoisotopic (exact) mass is 336 g/mol. The fraction of sp³-hybridized carbons (Fsp3) is 0.600. The van der Waals surface area contributed by atoms with E-state index in [1.165, 1.54) is 0 Å². The molecular formula is C20H32O4. The maximum atomic E-state index is 11.6. The summed E-state index contributed by atoms with van der Waals surface area (Å²) in [5.74, 6) is -0.602. The summed E-state index contributed by atoms with van der Waals surface area (Å²) in [6.07, 6.45) is 18.3. The first-order valence-electron chi connectivity index (χ1n) is 9.00. The Morgan fingerprint density at radius 3 is 2.08 bits per heavy atom. The smallest absolute Gasteiger partial charge is 0.303 e. The third-order valence-corrected chi connectivity index (χ3v) is 3.60. The van der Waals surface area contributed by atoms with Crippen LogP contribution in [0.25, 0.3) is 0 Å². The van der Waals surface area contributed by atoms with Crippen LogP contribution in [0.5, 0.6) is 0 Å². The predicted octanol–water partition coefficient (Wildman–Crippen LogP) is 4.59. The van der Waals surface area contributed by atoms with E-state index in [1.54, 1.807) is 36.5 Å². The molecule has 0 aromatic heterocycles. The van der Waals surface area contributed by atoms with Crippen LogP contribution < -0.4 is 0 Å². The molecule has 1 unspecified atom stereocenters. The molecule has 136 valence electrons. The Balaban J connectivity index is 3.59. The van der Waals surface area contributed by atoms with E-state index in [4.69, 9.17) is 5.11 Å². The van der Waals surface area contributed by atoms with E-state index >= 15 is 0 Å². The van der Waals surface area contributed by atoms with Gasteiger partial charge in [0.1, 0.15) is 0 Å². The van der Waals surface area contributed by atoms with E-state index in [0.29, 0.717) is 6.42 Å². The number of aliphatic hydroxyl groups excluding tert-OH is 1. The molecular weight excluding hydrogens is 304 g/mol. The molecule has 24 heavy (non-hydrogen) atoms. The summed E-state index contributed by atoms with van der Waals surface area (Å²) in [6, 6.07) is 0. The lowest BCUT2D eigenvalue weighted by Gasteiger charge is -1.99. The minimum absolute atomic E-state index is 0.125. The predicted molar refractivity (Wildman–Crippen MR) is 97.9 cm³/mol. The lowest BCUT2D eigenvalue weighted by Crippen LogP contribution is -1.99. The molecule has 0 saturated carbocycles. The minimum atomic E-state index is -0.728. The summed E-state index contributed by atoms with van der Waals surface area (Å²) in [7, 11) is 0. The summed E-state index contributed by atoms with van der Waals surface area (Å²) >= 11 is 0. The van der Waals surface area contributed by atoms with Crippen LogP contribution in [0.1, 0.15) is 71.1 Å². The van der Waals surface area contributed by atoms with Gasteiger partial charge < -0.3 is 10.2 Å². The minimum Gasteiger partial charge on any atom is -0.481 e. The van der Waals surface area contributed by atoms with Crippen LogP contribution >= 0.6 is 0 Å². The largest absolute Gasteiger partial charge is 0.481 e. The Hall–Kier alpha value is -1.68. The molecule has 0 aromatic carbocycles. The number of hydrogen-bond donors (Lipinski definition) is 2. The molecule has 0 heterocycles. The molecule has 0 aliphatic heterocycles. The average molecular weight is 336 g/mol. The first kappa shape index (κ1) is 22.3.